The third kappa shape index (κ3) is 1.81. The third-order valence-corrected chi connectivity index (χ3v) is 3.97. The number of imidazole rings is 1. The van der Waals surface area contributed by atoms with Gasteiger partial charge in [0.25, 0.3) is 0 Å². The minimum atomic E-state index is -2.66. The van der Waals surface area contributed by atoms with E-state index in [-0.39, 0.29) is 29.6 Å². The Balaban J connectivity index is 2.20. The van der Waals surface area contributed by atoms with Gasteiger partial charge in [0.1, 0.15) is 17.9 Å². The molecule has 0 radical (unpaired) electrons. The average Bonchev–Trinajstić information content (AvgIpc) is 3.07. The molecule has 0 spiro atoms. The zero-order valence-electron chi connectivity index (χ0n) is 11.6. The molecular weight excluding hydrogens is 310 g/mol. The lowest BCUT2D eigenvalue weighted by molar-refractivity contribution is -0.168. The van der Waals surface area contributed by atoms with Crippen LogP contribution in [0.4, 0.5) is 5.82 Å². The number of aliphatic hydroxyl groups is 3. The van der Waals surface area contributed by atoms with Crippen LogP contribution in [0.1, 0.15) is 6.23 Å². The van der Waals surface area contributed by atoms with Crippen LogP contribution in [-0.2, 0) is 14.3 Å². The van der Waals surface area contributed by atoms with Gasteiger partial charge in [0.15, 0.2) is 35.9 Å². The van der Waals surface area contributed by atoms with E-state index in [0.29, 0.717) is 0 Å². The molecule has 11 heteroatoms. The number of hydrogen-bond acceptors (Lipinski definition) is 10. The molecule has 0 aliphatic carbocycles. The van der Waals surface area contributed by atoms with Gasteiger partial charge in [0.05, 0.1) is 12.9 Å². The number of aromatic nitrogens is 4. The summed E-state index contributed by atoms with van der Waals surface area (Å²) < 4.78 is 6.46. The standard InChI is InChI=1S/C12H13N5O6/c13-8-7-9(15-4-14-8)17(5-16-7)10-12(22,3-20)11(21,2-19)6(1-18)23-10/h2-6,10,18,21-22H,1H2,(H2,13,14,15)/t6-,10-,11-,12+/m1/s1. The Hall–Kier alpha value is -2.47. The van der Waals surface area contributed by atoms with Gasteiger partial charge >= 0.3 is 0 Å². The van der Waals surface area contributed by atoms with E-state index in [1.165, 1.54) is 6.33 Å². The molecule has 0 amide bonds. The fraction of sp³-hybridized carbons (Fsp3) is 0.417. The number of ether oxygens (including phenoxy) is 1. The predicted octanol–water partition coefficient (Wildman–Crippen LogP) is -2.84. The molecule has 3 rings (SSSR count). The molecule has 11 nitrogen and oxygen atoms in total. The van der Waals surface area contributed by atoms with Crippen molar-refractivity contribution in [2.24, 2.45) is 0 Å². The minimum absolute atomic E-state index is 0.0158. The Morgan fingerprint density at radius 1 is 1.26 bits per heavy atom. The van der Waals surface area contributed by atoms with Gasteiger partial charge in [0.2, 0.25) is 5.60 Å². The molecule has 0 saturated carbocycles. The molecule has 0 bridgehead atoms. The van der Waals surface area contributed by atoms with Crippen LogP contribution in [0.2, 0.25) is 0 Å². The maximum absolute atomic E-state index is 11.5. The van der Waals surface area contributed by atoms with E-state index in [4.69, 9.17) is 10.5 Å². The quantitative estimate of drug-likeness (QED) is 0.429. The van der Waals surface area contributed by atoms with Crippen LogP contribution < -0.4 is 5.73 Å². The maximum Gasteiger partial charge on any atom is 0.203 e. The smallest absolute Gasteiger partial charge is 0.203 e. The van der Waals surface area contributed by atoms with E-state index in [2.05, 4.69) is 15.0 Å². The van der Waals surface area contributed by atoms with Gasteiger partial charge in [-0.25, -0.2) is 15.0 Å². The van der Waals surface area contributed by atoms with Crippen molar-refractivity contribution in [2.45, 2.75) is 23.5 Å². The number of nitrogen functional groups attached to an aromatic ring is 1. The molecule has 2 aromatic heterocycles. The van der Waals surface area contributed by atoms with E-state index in [9.17, 15) is 24.9 Å². The first kappa shape index (κ1) is 15.4. The molecule has 1 saturated heterocycles. The van der Waals surface area contributed by atoms with Crippen LogP contribution in [0.25, 0.3) is 11.2 Å². The first-order valence-corrected chi connectivity index (χ1v) is 6.49. The minimum Gasteiger partial charge on any atom is -0.394 e. The Morgan fingerprint density at radius 2 is 1.96 bits per heavy atom. The van der Waals surface area contributed by atoms with Gasteiger partial charge in [-0.15, -0.1) is 0 Å². The number of carbonyl (C=O) groups excluding carboxylic acids is 2. The highest BCUT2D eigenvalue weighted by molar-refractivity contribution is 5.83. The van der Waals surface area contributed by atoms with Crippen LogP contribution >= 0.6 is 0 Å². The second-order valence-electron chi connectivity index (χ2n) is 5.13. The molecule has 1 aliphatic rings. The monoisotopic (exact) mass is 323 g/mol. The number of hydrogen-bond donors (Lipinski definition) is 4. The number of fused-ring (bicyclic) bond motifs is 1. The molecule has 23 heavy (non-hydrogen) atoms. The zero-order chi connectivity index (χ0) is 16.8. The molecule has 0 unspecified atom stereocenters. The summed E-state index contributed by atoms with van der Waals surface area (Å²) in [5.74, 6) is 0.0609. The van der Waals surface area contributed by atoms with Crippen molar-refractivity contribution in [3.63, 3.8) is 0 Å². The number of rotatable bonds is 4. The normalized spacial score (nSPS) is 33.9. The first-order chi connectivity index (χ1) is 10.9. The second kappa shape index (κ2) is 5.03. The van der Waals surface area contributed by atoms with Crippen molar-refractivity contribution in [3.05, 3.63) is 12.7 Å². The summed E-state index contributed by atoms with van der Waals surface area (Å²) in [5.41, 5.74) is 0.670. The summed E-state index contributed by atoms with van der Waals surface area (Å²) in [5, 5.41) is 30.2. The van der Waals surface area contributed by atoms with Crippen molar-refractivity contribution in [1.82, 2.24) is 19.5 Å². The molecule has 0 aromatic carbocycles. The molecular formula is C12H13N5O6. The molecule has 1 aliphatic heterocycles. The third-order valence-electron chi connectivity index (χ3n) is 3.97. The Morgan fingerprint density at radius 3 is 2.57 bits per heavy atom. The fourth-order valence-electron chi connectivity index (χ4n) is 2.64. The maximum atomic E-state index is 11.5. The second-order valence-corrected chi connectivity index (χ2v) is 5.13. The van der Waals surface area contributed by atoms with Crippen LogP contribution in [0.3, 0.4) is 0 Å². The van der Waals surface area contributed by atoms with Gasteiger partial charge in [-0.05, 0) is 0 Å². The van der Waals surface area contributed by atoms with Gasteiger partial charge in [-0.2, -0.15) is 0 Å². The van der Waals surface area contributed by atoms with Crippen molar-refractivity contribution < 1.29 is 29.6 Å². The van der Waals surface area contributed by atoms with Gasteiger partial charge in [-0.1, -0.05) is 0 Å². The lowest BCUT2D eigenvalue weighted by Crippen LogP contribution is -2.61. The van der Waals surface area contributed by atoms with Crippen molar-refractivity contribution in [1.29, 1.82) is 0 Å². The number of anilines is 1. The topological polar surface area (TPSA) is 174 Å². The van der Waals surface area contributed by atoms with Crippen LogP contribution in [0, 0.1) is 0 Å². The van der Waals surface area contributed by atoms with Crippen LogP contribution in [-0.4, -0.2) is 71.3 Å². The highest BCUT2D eigenvalue weighted by Crippen LogP contribution is 2.44. The van der Waals surface area contributed by atoms with Crippen molar-refractivity contribution in [3.8, 4) is 0 Å². The lowest BCUT2D eigenvalue weighted by atomic mass is 9.82. The van der Waals surface area contributed by atoms with E-state index in [1.54, 1.807) is 0 Å². The summed E-state index contributed by atoms with van der Waals surface area (Å²) in [6.45, 7) is -0.800. The molecule has 1 fully saturated rings. The summed E-state index contributed by atoms with van der Waals surface area (Å²) >= 11 is 0. The molecule has 2 aromatic rings. The van der Waals surface area contributed by atoms with E-state index < -0.39 is 30.1 Å². The summed E-state index contributed by atoms with van der Waals surface area (Å²) in [4.78, 5) is 34.4. The summed E-state index contributed by atoms with van der Waals surface area (Å²) in [6.07, 6.45) is -0.813. The van der Waals surface area contributed by atoms with Crippen LogP contribution in [0.5, 0.6) is 0 Å². The van der Waals surface area contributed by atoms with Gasteiger partial charge in [-0.3, -0.25) is 14.2 Å². The molecule has 4 atom stereocenters. The van der Waals surface area contributed by atoms with Crippen LogP contribution in [0.15, 0.2) is 12.7 Å². The summed E-state index contributed by atoms with van der Waals surface area (Å²) in [6, 6.07) is 0. The molecule has 5 N–H and O–H groups in total. The average molecular weight is 323 g/mol. The van der Waals surface area contributed by atoms with Crippen molar-refractivity contribution >= 4 is 29.6 Å². The Labute approximate surface area is 128 Å². The van der Waals surface area contributed by atoms with Gasteiger partial charge in [0, 0.05) is 0 Å². The number of aliphatic hydroxyl groups excluding tert-OH is 1. The largest absolute Gasteiger partial charge is 0.394 e. The van der Waals surface area contributed by atoms with E-state index in [0.717, 1.165) is 10.9 Å². The number of nitrogens with zero attached hydrogens (tertiary/aromatic N) is 4. The van der Waals surface area contributed by atoms with Crippen molar-refractivity contribution in [2.75, 3.05) is 12.3 Å². The SMILES string of the molecule is Nc1ncnc2c1ncn2[C@@H]1O[C@H](CO)[C@](O)(C=O)[C@]1(O)C=O. The summed E-state index contributed by atoms with van der Waals surface area (Å²) in [7, 11) is 0. The highest BCUT2D eigenvalue weighted by atomic mass is 16.6. The lowest BCUT2D eigenvalue weighted by Gasteiger charge is -2.32. The molecule has 3 heterocycles. The Kier molecular flexibility index (Phi) is 3.37. The predicted molar refractivity (Wildman–Crippen MR) is 72.8 cm³/mol. The Bertz CT molecular complexity index is 780. The highest BCUT2D eigenvalue weighted by Gasteiger charge is 2.67. The van der Waals surface area contributed by atoms with E-state index in [1.807, 2.05) is 0 Å². The first-order valence-electron chi connectivity index (χ1n) is 6.49. The number of aldehydes is 2. The molecule has 122 valence electrons. The number of carbonyl (C=O) groups is 2. The zero-order valence-corrected chi connectivity index (χ0v) is 11.6. The fourth-order valence-corrected chi connectivity index (χ4v) is 2.64. The van der Waals surface area contributed by atoms with Gasteiger partial charge < -0.3 is 25.8 Å². The number of nitrogens with two attached hydrogens (primary N) is 1. The van der Waals surface area contributed by atoms with E-state index >= 15 is 0 Å².